The summed E-state index contributed by atoms with van der Waals surface area (Å²) in [5.74, 6) is -0.747. The van der Waals surface area contributed by atoms with E-state index in [4.69, 9.17) is 65.6 Å². The van der Waals surface area contributed by atoms with Crippen LogP contribution in [0.3, 0.4) is 0 Å². The van der Waals surface area contributed by atoms with Gasteiger partial charge in [0, 0.05) is 69.1 Å². The average Bonchev–Trinajstić information content (AvgIpc) is 1.10. The van der Waals surface area contributed by atoms with Crippen molar-refractivity contribution in [3.05, 3.63) is 332 Å². The minimum absolute atomic E-state index is 0.0879. The lowest BCUT2D eigenvalue weighted by molar-refractivity contribution is -0.153. The first-order valence-electron chi connectivity index (χ1n) is 34.9. The lowest BCUT2D eigenvalue weighted by Crippen LogP contribution is -2.36. The smallest absolute Gasteiger partial charge is 0.404 e. The van der Waals surface area contributed by atoms with Gasteiger partial charge in [-0.3, -0.25) is 14.5 Å². The molecule has 12 rings (SSSR count). The van der Waals surface area contributed by atoms with E-state index in [1.807, 2.05) is 196 Å². The molecule has 0 spiro atoms. The maximum atomic E-state index is 12.9. The summed E-state index contributed by atoms with van der Waals surface area (Å²) in [5.41, 5.74) is 26.4. The van der Waals surface area contributed by atoms with Crippen LogP contribution in [0.4, 0.5) is 9.59 Å². The van der Waals surface area contributed by atoms with Crippen molar-refractivity contribution in [2.45, 2.75) is 135 Å². The number of rotatable bonds is 20. The fraction of sp³-hybridized carbons (Fsp3) is 0.273. The number of halogens is 3. The van der Waals surface area contributed by atoms with Gasteiger partial charge in [-0.05, 0) is 129 Å². The van der Waals surface area contributed by atoms with Crippen LogP contribution in [-0.4, -0.2) is 66.0 Å². The first kappa shape index (κ1) is 79.8. The summed E-state index contributed by atoms with van der Waals surface area (Å²) in [5, 5.41) is 9.28. The number of aryl methyl sites for hydroxylation is 2. The van der Waals surface area contributed by atoms with Crippen molar-refractivity contribution in [1.29, 1.82) is 0 Å². The molecule has 102 heavy (non-hydrogen) atoms. The standard InChI is InChI=1S/C25H25ClO2.C20H16Cl2.2C15H13NO2.C8H19N.C5H10O2/c1-3-4-14-24(27)28-25(20-10-6-5-7-11-20,21-17-15-19(2)16-18-21)22-12-8-9-13-23(22)26;1-15-11-13-17(14-12-15)20(22,16-7-3-2-4-8-16)18-9-5-6-10-19(18)21;2*16-15(17)18-9-14-12-7-3-1-5-10(12)11-6-2-4-8-13(11)14;1-6-9(7(2)3)8(4)5;1-2-3-4-5(6)7/h5-13,15-18H,3-4,14H2,1-2H3;2-14H,1H3;2*1-8,14H,9H2,(H2,16,17);7-8H,6H2,1-5H3;2-4H2,1H3,(H,6,7). The zero-order valence-electron chi connectivity index (χ0n) is 60.0. The van der Waals surface area contributed by atoms with Crippen LogP contribution in [0.2, 0.25) is 10.0 Å². The van der Waals surface area contributed by atoms with Gasteiger partial charge in [0.15, 0.2) is 5.60 Å². The molecule has 2 atom stereocenters. The molecule has 2 aliphatic rings. The van der Waals surface area contributed by atoms with Crippen LogP contribution in [0.25, 0.3) is 22.3 Å². The number of aliphatic carboxylic acids is 1. The highest BCUT2D eigenvalue weighted by atomic mass is 35.5. The van der Waals surface area contributed by atoms with Crippen molar-refractivity contribution < 1.29 is 38.5 Å². The van der Waals surface area contributed by atoms with Crippen molar-refractivity contribution in [2.24, 2.45) is 11.5 Å². The van der Waals surface area contributed by atoms with Gasteiger partial charge in [-0.2, -0.15) is 0 Å². The average molecular weight is 1430 g/mol. The van der Waals surface area contributed by atoms with Crippen molar-refractivity contribution in [3.8, 4) is 22.3 Å². The molecule has 0 aromatic heterocycles. The predicted molar refractivity (Wildman–Crippen MR) is 418 cm³/mol. The second-order valence-corrected chi connectivity index (χ2v) is 27.0. The second kappa shape index (κ2) is 39.6. The quantitative estimate of drug-likeness (QED) is 0.0291. The lowest BCUT2D eigenvalue weighted by Gasteiger charge is -2.36. The number of benzene rings is 10. The Kier molecular flexibility index (Phi) is 31.0. The number of esters is 1. The summed E-state index contributed by atoms with van der Waals surface area (Å²) in [7, 11) is 0. The SMILES string of the molecule is CCCCC(=O)O.CCCCC(=O)OC(c1ccccc1)(c1ccc(C)cc1)c1ccccc1Cl.CCN(C(C)C)C(C)C.Cc1ccc(C(Cl)(c2ccccc2)c2ccccc2Cl)cc1.NC(=O)OCC1c2ccccc2-c2ccccc21.NC(=O)OCC1c2ccccc2-c2ccccc21. The van der Waals surface area contributed by atoms with Gasteiger partial charge in [-0.1, -0.05) is 311 Å². The van der Waals surface area contributed by atoms with Crippen molar-refractivity contribution >= 4 is 58.9 Å². The number of carbonyl (C=O) groups excluding carboxylic acids is 3. The van der Waals surface area contributed by atoms with E-state index in [9.17, 15) is 19.2 Å². The Morgan fingerprint density at radius 2 is 0.765 bits per heavy atom. The van der Waals surface area contributed by atoms with Gasteiger partial charge in [-0.15, -0.1) is 11.6 Å². The number of unbranched alkanes of at least 4 members (excludes halogenated alkanes) is 2. The number of carbonyl (C=O) groups is 4. The molecule has 11 nitrogen and oxygen atoms in total. The summed E-state index contributed by atoms with van der Waals surface area (Å²) in [4.78, 5) is 45.8. The topological polar surface area (TPSA) is 171 Å². The number of alkyl halides is 1. The fourth-order valence-electron chi connectivity index (χ4n) is 12.9. The maximum absolute atomic E-state index is 12.9. The molecule has 10 aromatic carbocycles. The number of carboxylic acid groups (broad SMARTS) is 1. The minimum atomic E-state index is -1.10. The number of fused-ring (bicyclic) bond motifs is 6. The first-order valence-corrected chi connectivity index (χ1v) is 36.1. The molecule has 532 valence electrons. The summed E-state index contributed by atoms with van der Waals surface area (Å²) < 4.78 is 16.3. The first-order chi connectivity index (χ1) is 49.1. The second-order valence-electron chi connectivity index (χ2n) is 25.6. The number of ether oxygens (including phenoxy) is 3. The number of primary amides is 2. The van der Waals surface area contributed by atoms with E-state index in [0.29, 0.717) is 48.2 Å². The van der Waals surface area contributed by atoms with Gasteiger partial charge in [0.1, 0.15) is 18.1 Å². The van der Waals surface area contributed by atoms with E-state index < -0.39 is 28.6 Å². The zero-order valence-corrected chi connectivity index (χ0v) is 62.2. The molecular formula is C88H96Cl3N3O8. The van der Waals surface area contributed by atoms with Crippen LogP contribution in [0.15, 0.2) is 255 Å². The Morgan fingerprint density at radius 3 is 1.11 bits per heavy atom. The largest absolute Gasteiger partial charge is 0.481 e. The Hall–Kier alpha value is -9.49. The van der Waals surface area contributed by atoms with Gasteiger partial charge < -0.3 is 30.8 Å². The highest BCUT2D eigenvalue weighted by Gasteiger charge is 2.42. The highest BCUT2D eigenvalue weighted by Crippen LogP contribution is 2.48. The molecule has 0 saturated carbocycles. The third-order valence-corrected chi connectivity index (χ3v) is 19.2. The Labute approximate surface area is 618 Å². The Bertz CT molecular complexity index is 4080. The van der Waals surface area contributed by atoms with E-state index in [1.165, 1.54) is 50.1 Å². The fourth-order valence-corrected chi connectivity index (χ4v) is 13.9. The number of hydrogen-bond acceptors (Lipinski definition) is 8. The molecule has 2 aliphatic carbocycles. The van der Waals surface area contributed by atoms with Gasteiger partial charge in [-0.25, -0.2) is 9.59 Å². The van der Waals surface area contributed by atoms with E-state index in [2.05, 4.69) is 126 Å². The number of nitrogens with two attached hydrogens (primary N) is 2. The van der Waals surface area contributed by atoms with Crippen molar-refractivity contribution in [2.75, 3.05) is 19.8 Å². The molecule has 0 aliphatic heterocycles. The summed E-state index contributed by atoms with van der Waals surface area (Å²) in [6.07, 6.45) is 2.73. The Morgan fingerprint density at radius 1 is 0.441 bits per heavy atom. The number of carboxylic acids is 1. The van der Waals surface area contributed by atoms with Crippen molar-refractivity contribution in [3.63, 3.8) is 0 Å². The van der Waals surface area contributed by atoms with Gasteiger partial charge in [0.05, 0.1) is 0 Å². The van der Waals surface area contributed by atoms with Crippen LogP contribution in [0.5, 0.6) is 0 Å². The molecule has 14 heteroatoms. The predicted octanol–water partition coefficient (Wildman–Crippen LogP) is 22.0. The summed E-state index contributed by atoms with van der Waals surface area (Å²) in [6, 6.07) is 85.7. The third-order valence-electron chi connectivity index (χ3n) is 17.9. The van der Waals surface area contributed by atoms with E-state index in [-0.39, 0.29) is 17.8 Å². The number of nitrogens with zero attached hydrogens (tertiary/aromatic N) is 1. The molecule has 0 bridgehead atoms. The van der Waals surface area contributed by atoms with Crippen LogP contribution >= 0.6 is 34.8 Å². The molecule has 0 saturated heterocycles. The lowest BCUT2D eigenvalue weighted by atomic mass is 9.79. The van der Waals surface area contributed by atoms with Crippen LogP contribution in [-0.2, 0) is 34.3 Å². The molecule has 5 N–H and O–H groups in total. The number of hydrogen-bond donors (Lipinski definition) is 3. The van der Waals surface area contributed by atoms with Gasteiger partial charge >= 0.3 is 24.1 Å². The van der Waals surface area contributed by atoms with E-state index in [0.717, 1.165) is 71.2 Å². The monoisotopic (exact) mass is 1430 g/mol. The van der Waals surface area contributed by atoms with Crippen LogP contribution in [0, 0.1) is 13.8 Å². The summed E-state index contributed by atoms with van der Waals surface area (Å²) in [6.45, 7) is 21.1. The zero-order chi connectivity index (χ0) is 73.8. The van der Waals surface area contributed by atoms with Gasteiger partial charge in [0.25, 0.3) is 0 Å². The maximum Gasteiger partial charge on any atom is 0.404 e. The van der Waals surface area contributed by atoms with Crippen LogP contribution in [0.1, 0.15) is 166 Å². The van der Waals surface area contributed by atoms with Crippen molar-refractivity contribution in [1.82, 2.24) is 4.90 Å². The number of amides is 2. The van der Waals surface area contributed by atoms with Gasteiger partial charge in [0.2, 0.25) is 0 Å². The summed E-state index contributed by atoms with van der Waals surface area (Å²) >= 11 is 20.3. The Balaban J connectivity index is 0.000000180. The molecule has 0 radical (unpaired) electrons. The van der Waals surface area contributed by atoms with Crippen LogP contribution < -0.4 is 11.5 Å². The molecule has 2 amide bonds. The molecule has 2 unspecified atom stereocenters. The molecule has 0 heterocycles. The molecule has 10 aromatic rings. The normalized spacial score (nSPS) is 12.7. The van der Waals surface area contributed by atoms with E-state index in [1.54, 1.807) is 0 Å². The van der Waals surface area contributed by atoms with E-state index >= 15 is 0 Å². The molecular weight excluding hydrogens is 1330 g/mol. The molecule has 0 fully saturated rings. The third kappa shape index (κ3) is 21.1. The minimum Gasteiger partial charge on any atom is -0.481 e. The highest BCUT2D eigenvalue weighted by molar-refractivity contribution is 6.35.